The average Bonchev–Trinajstić information content (AvgIpc) is 2.84. The number of benzene rings is 2. The minimum atomic E-state index is -0.188. The minimum absolute atomic E-state index is 0.00897. The molecule has 2 aliphatic heterocycles. The second-order valence-electron chi connectivity index (χ2n) is 8.66. The van der Waals surface area contributed by atoms with Crippen molar-refractivity contribution in [1.82, 2.24) is 4.90 Å². The van der Waals surface area contributed by atoms with Gasteiger partial charge in [-0.1, -0.05) is 18.2 Å². The Morgan fingerprint density at radius 1 is 1.03 bits per heavy atom. The molecule has 170 valence electrons. The summed E-state index contributed by atoms with van der Waals surface area (Å²) in [6, 6.07) is 15.7. The number of carbonyl (C=O) groups excluding carboxylic acids is 2. The molecular formula is C25H32N4O3. The van der Waals surface area contributed by atoms with Crippen molar-refractivity contribution in [3.05, 3.63) is 54.1 Å². The molecule has 3 N–H and O–H groups in total. The van der Waals surface area contributed by atoms with Crippen LogP contribution in [0.5, 0.6) is 5.75 Å². The first-order valence-electron chi connectivity index (χ1n) is 11.4. The van der Waals surface area contributed by atoms with E-state index in [1.54, 1.807) is 19.2 Å². The first-order valence-corrected chi connectivity index (χ1v) is 11.4. The quantitative estimate of drug-likeness (QED) is 0.727. The number of para-hydroxylation sites is 1. The molecule has 0 bridgehead atoms. The lowest BCUT2D eigenvalue weighted by Crippen LogP contribution is -2.50. The lowest BCUT2D eigenvalue weighted by molar-refractivity contribution is -0.123. The molecule has 2 heterocycles. The molecule has 0 radical (unpaired) electrons. The third-order valence-corrected chi connectivity index (χ3v) is 6.66. The van der Waals surface area contributed by atoms with Crippen LogP contribution in [0.25, 0.3) is 0 Å². The molecule has 0 aliphatic carbocycles. The smallest absolute Gasteiger partial charge is 0.259 e. The van der Waals surface area contributed by atoms with Crippen molar-refractivity contribution >= 4 is 23.2 Å². The second-order valence-corrected chi connectivity index (χ2v) is 8.66. The van der Waals surface area contributed by atoms with E-state index in [0.29, 0.717) is 17.4 Å². The van der Waals surface area contributed by atoms with Crippen LogP contribution in [-0.2, 0) is 4.79 Å². The van der Waals surface area contributed by atoms with Crippen LogP contribution in [0.2, 0.25) is 0 Å². The third-order valence-electron chi connectivity index (χ3n) is 6.66. The molecule has 2 aromatic rings. The number of amides is 2. The number of likely N-dealkylation sites (tertiary alicyclic amines) is 1. The molecule has 1 atom stereocenters. The highest BCUT2D eigenvalue weighted by Crippen LogP contribution is 2.28. The van der Waals surface area contributed by atoms with E-state index >= 15 is 0 Å². The number of nitrogens with one attached hydrogen (secondary N) is 1. The van der Waals surface area contributed by atoms with E-state index in [9.17, 15) is 9.59 Å². The minimum Gasteiger partial charge on any atom is -0.496 e. The van der Waals surface area contributed by atoms with Crippen molar-refractivity contribution in [2.24, 2.45) is 11.7 Å². The number of ether oxygens (including phenoxy) is 1. The van der Waals surface area contributed by atoms with E-state index in [4.69, 9.17) is 10.5 Å². The number of hydrogen-bond donors (Lipinski definition) is 2. The van der Waals surface area contributed by atoms with Crippen LogP contribution in [0.15, 0.2) is 48.5 Å². The highest BCUT2D eigenvalue weighted by atomic mass is 16.5. The van der Waals surface area contributed by atoms with Crippen molar-refractivity contribution in [1.29, 1.82) is 0 Å². The van der Waals surface area contributed by atoms with Crippen LogP contribution >= 0.6 is 0 Å². The van der Waals surface area contributed by atoms with Gasteiger partial charge in [0, 0.05) is 37.1 Å². The van der Waals surface area contributed by atoms with Crippen LogP contribution in [0.4, 0.5) is 11.4 Å². The third kappa shape index (κ3) is 5.05. The molecule has 0 saturated carbocycles. The number of nitrogens with two attached hydrogens (primary N) is 1. The number of primary amides is 1. The predicted molar refractivity (Wildman–Crippen MR) is 126 cm³/mol. The normalized spacial score (nSPS) is 20.0. The number of anilines is 2. The fraction of sp³-hybridized carbons (Fsp3) is 0.440. The highest BCUT2D eigenvalue weighted by molar-refractivity contribution is 6.06. The van der Waals surface area contributed by atoms with Gasteiger partial charge in [-0.15, -0.1) is 0 Å². The lowest BCUT2D eigenvalue weighted by Gasteiger charge is -2.42. The molecule has 2 amide bonds. The van der Waals surface area contributed by atoms with Crippen LogP contribution in [0, 0.1) is 5.92 Å². The maximum Gasteiger partial charge on any atom is 0.259 e. The van der Waals surface area contributed by atoms with E-state index in [1.807, 2.05) is 30.3 Å². The van der Waals surface area contributed by atoms with E-state index in [0.717, 1.165) is 63.2 Å². The van der Waals surface area contributed by atoms with Crippen molar-refractivity contribution in [2.75, 3.05) is 43.5 Å². The number of carbonyl (C=O) groups is 2. The Morgan fingerprint density at radius 3 is 2.56 bits per heavy atom. The maximum atomic E-state index is 12.7. The molecule has 2 aromatic carbocycles. The summed E-state index contributed by atoms with van der Waals surface area (Å²) in [5, 5.41) is 2.99. The van der Waals surface area contributed by atoms with Gasteiger partial charge in [-0.2, -0.15) is 0 Å². The lowest BCUT2D eigenvalue weighted by atomic mass is 9.93. The van der Waals surface area contributed by atoms with Crippen molar-refractivity contribution in [3.63, 3.8) is 0 Å². The van der Waals surface area contributed by atoms with Gasteiger partial charge in [0.2, 0.25) is 5.91 Å². The van der Waals surface area contributed by atoms with Crippen LogP contribution in [0.1, 0.15) is 36.0 Å². The van der Waals surface area contributed by atoms with Gasteiger partial charge in [-0.05, 0) is 62.6 Å². The van der Waals surface area contributed by atoms with Crippen LogP contribution in [-0.4, -0.2) is 56.0 Å². The van der Waals surface area contributed by atoms with Crippen molar-refractivity contribution in [3.8, 4) is 5.75 Å². The first kappa shape index (κ1) is 22.1. The summed E-state index contributed by atoms with van der Waals surface area (Å²) in [4.78, 5) is 29.2. The second kappa shape index (κ2) is 10.0. The molecule has 7 heteroatoms. The predicted octanol–water partition coefficient (Wildman–Crippen LogP) is 3.11. The summed E-state index contributed by atoms with van der Waals surface area (Å²) >= 11 is 0. The summed E-state index contributed by atoms with van der Waals surface area (Å²) in [6.45, 7) is 3.75. The Morgan fingerprint density at radius 2 is 1.81 bits per heavy atom. The Balaban J connectivity index is 1.36. The largest absolute Gasteiger partial charge is 0.496 e. The van der Waals surface area contributed by atoms with E-state index < -0.39 is 0 Å². The van der Waals surface area contributed by atoms with Gasteiger partial charge in [-0.25, -0.2) is 0 Å². The first-order chi connectivity index (χ1) is 15.5. The monoisotopic (exact) mass is 436 g/mol. The Kier molecular flexibility index (Phi) is 6.95. The standard InChI is InChI=1S/C25H32N4O3/c1-32-23-10-3-2-9-22(23)25(31)27-19-7-4-8-21(16-19)28-14-11-20(12-15-28)29-13-5-6-18(17-29)24(26)30/h2-4,7-10,16,18,20H,5-6,11-15,17H2,1H3,(H2,26,30)(H,27,31). The van der Waals surface area contributed by atoms with Gasteiger partial charge in [0.1, 0.15) is 5.75 Å². The van der Waals surface area contributed by atoms with Gasteiger partial charge < -0.3 is 20.7 Å². The van der Waals surface area contributed by atoms with E-state index in [1.165, 1.54) is 0 Å². The zero-order valence-electron chi connectivity index (χ0n) is 18.6. The Hall–Kier alpha value is -3.06. The molecule has 0 spiro atoms. The Bertz CT molecular complexity index is 956. The molecule has 7 nitrogen and oxygen atoms in total. The summed E-state index contributed by atoms with van der Waals surface area (Å²) < 4.78 is 5.30. The summed E-state index contributed by atoms with van der Waals surface area (Å²) in [5.41, 5.74) is 7.93. The van der Waals surface area contributed by atoms with Gasteiger partial charge in [-0.3, -0.25) is 14.5 Å². The molecule has 4 rings (SSSR count). The van der Waals surface area contributed by atoms with Gasteiger partial charge in [0.25, 0.3) is 5.91 Å². The van der Waals surface area contributed by atoms with Gasteiger partial charge in [0.15, 0.2) is 0 Å². The average molecular weight is 437 g/mol. The van der Waals surface area contributed by atoms with Gasteiger partial charge in [0.05, 0.1) is 18.6 Å². The van der Waals surface area contributed by atoms with Crippen LogP contribution in [0.3, 0.4) is 0 Å². The summed E-state index contributed by atoms with van der Waals surface area (Å²) in [6.07, 6.45) is 4.08. The topological polar surface area (TPSA) is 87.9 Å². The number of hydrogen-bond acceptors (Lipinski definition) is 5. The van der Waals surface area contributed by atoms with E-state index in [-0.39, 0.29) is 17.7 Å². The summed E-state index contributed by atoms with van der Waals surface area (Å²) in [7, 11) is 1.56. The summed E-state index contributed by atoms with van der Waals surface area (Å²) in [5.74, 6) is 0.191. The number of piperidine rings is 2. The van der Waals surface area contributed by atoms with Crippen molar-refractivity contribution in [2.45, 2.75) is 31.7 Å². The van der Waals surface area contributed by atoms with Gasteiger partial charge >= 0.3 is 0 Å². The maximum absolute atomic E-state index is 12.7. The van der Waals surface area contributed by atoms with Crippen molar-refractivity contribution < 1.29 is 14.3 Å². The zero-order valence-corrected chi connectivity index (χ0v) is 18.6. The fourth-order valence-corrected chi connectivity index (χ4v) is 4.87. The zero-order chi connectivity index (χ0) is 22.5. The number of rotatable bonds is 6. The van der Waals surface area contributed by atoms with E-state index in [2.05, 4.69) is 21.2 Å². The molecular weight excluding hydrogens is 404 g/mol. The fourth-order valence-electron chi connectivity index (χ4n) is 4.87. The molecule has 0 aromatic heterocycles. The number of nitrogens with zero attached hydrogens (tertiary/aromatic N) is 2. The number of methoxy groups -OCH3 is 1. The van der Waals surface area contributed by atoms with Crippen LogP contribution < -0.4 is 20.7 Å². The SMILES string of the molecule is COc1ccccc1C(=O)Nc1cccc(N2CCC(N3CCCC(C(N)=O)C3)CC2)c1. The molecule has 2 fully saturated rings. The highest BCUT2D eigenvalue weighted by Gasteiger charge is 2.30. The molecule has 32 heavy (non-hydrogen) atoms. The molecule has 2 aliphatic rings. The molecule has 2 saturated heterocycles. The molecule has 1 unspecified atom stereocenters. The Labute approximate surface area is 189 Å².